The molecule has 1 fully saturated rings. The molecular weight excluding hydrogens is 328 g/mol. The van der Waals surface area contributed by atoms with Crippen LogP contribution < -0.4 is 14.8 Å². The molecule has 2 rings (SSSR count). The fourth-order valence-corrected chi connectivity index (χ4v) is 4.24. The van der Waals surface area contributed by atoms with Crippen molar-refractivity contribution >= 4 is 21.6 Å². The van der Waals surface area contributed by atoms with Gasteiger partial charge in [-0.25, -0.2) is 13.1 Å². The van der Waals surface area contributed by atoms with E-state index >= 15 is 0 Å². The lowest BCUT2D eigenvalue weighted by Crippen LogP contribution is -2.52. The smallest absolute Gasteiger partial charge is 0.242 e. The largest absolute Gasteiger partial charge is 0.497 e. The van der Waals surface area contributed by atoms with Crippen molar-refractivity contribution in [3.63, 3.8) is 0 Å². The van der Waals surface area contributed by atoms with Crippen molar-refractivity contribution in [2.75, 3.05) is 33.9 Å². The summed E-state index contributed by atoms with van der Waals surface area (Å²) in [6.45, 7) is 1.54. The Hall–Kier alpha value is -0.860. The van der Waals surface area contributed by atoms with Gasteiger partial charge in [-0.15, -0.1) is 0 Å². The molecule has 1 unspecified atom stereocenters. The molecule has 1 saturated heterocycles. The standard InChI is InChI=1S/C14H21ClN2O4S/c1-20-10-14(6-3-7-16-14)9-17-22(18,19)13-8-11(21-2)4-5-12(13)15/h4-5,8,16-17H,3,6-7,9-10H2,1-2H3. The number of hydrogen-bond acceptors (Lipinski definition) is 5. The molecule has 0 aromatic heterocycles. The van der Waals surface area contributed by atoms with Crippen LogP contribution in [0.5, 0.6) is 5.75 Å². The van der Waals surface area contributed by atoms with Gasteiger partial charge in [-0.1, -0.05) is 11.6 Å². The monoisotopic (exact) mass is 348 g/mol. The summed E-state index contributed by atoms with van der Waals surface area (Å²) < 4.78 is 37.9. The summed E-state index contributed by atoms with van der Waals surface area (Å²) in [4.78, 5) is 0.0130. The highest BCUT2D eigenvalue weighted by molar-refractivity contribution is 7.89. The van der Waals surface area contributed by atoms with Crippen molar-refractivity contribution < 1.29 is 17.9 Å². The van der Waals surface area contributed by atoms with Gasteiger partial charge in [-0.2, -0.15) is 0 Å². The highest BCUT2D eigenvalue weighted by Gasteiger charge is 2.35. The molecule has 0 bridgehead atoms. The highest BCUT2D eigenvalue weighted by Crippen LogP contribution is 2.27. The van der Waals surface area contributed by atoms with Crippen molar-refractivity contribution in [3.05, 3.63) is 23.2 Å². The van der Waals surface area contributed by atoms with Gasteiger partial charge in [0.1, 0.15) is 10.6 Å². The van der Waals surface area contributed by atoms with Gasteiger partial charge >= 0.3 is 0 Å². The molecule has 1 aliphatic heterocycles. The summed E-state index contributed by atoms with van der Waals surface area (Å²) >= 11 is 6.01. The fraction of sp³-hybridized carbons (Fsp3) is 0.571. The van der Waals surface area contributed by atoms with Gasteiger partial charge in [0, 0.05) is 19.7 Å². The number of methoxy groups -OCH3 is 2. The lowest BCUT2D eigenvalue weighted by Gasteiger charge is -2.29. The van der Waals surface area contributed by atoms with Gasteiger partial charge in [0.15, 0.2) is 0 Å². The quantitative estimate of drug-likeness (QED) is 0.778. The molecule has 0 spiro atoms. The van der Waals surface area contributed by atoms with E-state index in [4.69, 9.17) is 21.1 Å². The van der Waals surface area contributed by atoms with Crippen molar-refractivity contribution in [1.29, 1.82) is 0 Å². The minimum Gasteiger partial charge on any atom is -0.497 e. The fourth-order valence-electron chi connectivity index (χ4n) is 2.60. The van der Waals surface area contributed by atoms with Crippen LogP contribution >= 0.6 is 11.6 Å². The summed E-state index contributed by atoms with van der Waals surface area (Å²) in [7, 11) is -0.643. The van der Waals surface area contributed by atoms with Crippen LogP contribution in [-0.4, -0.2) is 47.9 Å². The maximum atomic E-state index is 12.5. The van der Waals surface area contributed by atoms with Crippen LogP contribution in [0.3, 0.4) is 0 Å². The van der Waals surface area contributed by atoms with E-state index in [-0.39, 0.29) is 22.0 Å². The first-order chi connectivity index (χ1) is 10.4. The molecule has 2 N–H and O–H groups in total. The molecule has 6 nitrogen and oxygen atoms in total. The van der Waals surface area contributed by atoms with Crippen LogP contribution in [0.15, 0.2) is 23.1 Å². The van der Waals surface area contributed by atoms with Crippen molar-refractivity contribution in [3.8, 4) is 5.75 Å². The Labute approximate surface area is 136 Å². The SMILES string of the molecule is COCC1(CNS(=O)(=O)c2cc(OC)ccc2Cl)CCCN1. The summed E-state index contributed by atoms with van der Waals surface area (Å²) in [5, 5.41) is 3.48. The second-order valence-electron chi connectivity index (χ2n) is 5.36. The van der Waals surface area contributed by atoms with Crippen molar-refractivity contribution in [1.82, 2.24) is 10.0 Å². The third-order valence-corrected chi connectivity index (χ3v) is 5.66. The Morgan fingerprint density at radius 2 is 2.18 bits per heavy atom. The summed E-state index contributed by atoms with van der Waals surface area (Å²) in [6, 6.07) is 4.54. The number of rotatable bonds is 7. The van der Waals surface area contributed by atoms with Crippen LogP contribution in [-0.2, 0) is 14.8 Å². The van der Waals surface area contributed by atoms with Crippen LogP contribution in [0, 0.1) is 0 Å². The highest BCUT2D eigenvalue weighted by atomic mass is 35.5. The van der Waals surface area contributed by atoms with E-state index in [9.17, 15) is 8.42 Å². The molecule has 0 amide bonds. The van der Waals surface area contributed by atoms with Crippen LogP contribution in [0.1, 0.15) is 12.8 Å². The molecule has 124 valence electrons. The Morgan fingerprint density at radius 1 is 1.41 bits per heavy atom. The van der Waals surface area contributed by atoms with E-state index in [1.165, 1.54) is 19.2 Å². The Kier molecular flexibility index (Phi) is 5.68. The lowest BCUT2D eigenvalue weighted by molar-refractivity contribution is 0.122. The third-order valence-electron chi connectivity index (χ3n) is 3.78. The number of ether oxygens (including phenoxy) is 2. The maximum absolute atomic E-state index is 12.5. The van der Waals surface area contributed by atoms with E-state index in [1.807, 2.05) is 0 Å². The summed E-state index contributed by atoms with van der Waals surface area (Å²) in [5.41, 5.74) is -0.368. The molecule has 0 aliphatic carbocycles. The zero-order chi connectivity index (χ0) is 16.2. The summed E-state index contributed by atoms with van der Waals surface area (Å²) in [5.74, 6) is 0.440. The van der Waals surface area contributed by atoms with E-state index in [2.05, 4.69) is 10.0 Å². The summed E-state index contributed by atoms with van der Waals surface area (Å²) in [6.07, 6.45) is 1.85. The molecule has 22 heavy (non-hydrogen) atoms. The predicted molar refractivity (Wildman–Crippen MR) is 85.0 cm³/mol. The van der Waals surface area contributed by atoms with Crippen molar-refractivity contribution in [2.24, 2.45) is 0 Å². The number of sulfonamides is 1. The maximum Gasteiger partial charge on any atom is 0.242 e. The molecule has 8 heteroatoms. The first-order valence-corrected chi connectivity index (χ1v) is 8.86. The van der Waals surface area contributed by atoms with Gasteiger partial charge < -0.3 is 14.8 Å². The molecule has 1 aromatic rings. The number of benzene rings is 1. The number of halogens is 1. The lowest BCUT2D eigenvalue weighted by atomic mass is 9.99. The van der Waals surface area contributed by atoms with E-state index in [0.29, 0.717) is 12.4 Å². The molecule has 0 radical (unpaired) electrons. The normalized spacial score (nSPS) is 22.0. The average molecular weight is 349 g/mol. The molecule has 1 atom stereocenters. The predicted octanol–water partition coefficient (Wildman–Crippen LogP) is 1.40. The minimum absolute atomic E-state index is 0.0130. The second kappa shape index (κ2) is 7.14. The van der Waals surface area contributed by atoms with Crippen LogP contribution in [0.25, 0.3) is 0 Å². The van der Waals surface area contributed by atoms with Gasteiger partial charge in [0.05, 0.1) is 24.3 Å². The minimum atomic E-state index is -3.72. The average Bonchev–Trinajstić information content (AvgIpc) is 2.95. The third kappa shape index (κ3) is 3.91. The van der Waals surface area contributed by atoms with Crippen LogP contribution in [0.2, 0.25) is 5.02 Å². The van der Waals surface area contributed by atoms with Gasteiger partial charge in [-0.3, -0.25) is 0 Å². The Balaban J connectivity index is 2.17. The molecule has 1 aliphatic rings. The molecule has 0 saturated carbocycles. The van der Waals surface area contributed by atoms with Crippen molar-refractivity contribution in [2.45, 2.75) is 23.3 Å². The molecule has 1 aromatic carbocycles. The zero-order valence-corrected chi connectivity index (χ0v) is 14.3. The van der Waals surface area contributed by atoms with E-state index in [1.54, 1.807) is 13.2 Å². The number of hydrogen-bond donors (Lipinski definition) is 2. The Morgan fingerprint density at radius 3 is 2.77 bits per heavy atom. The molecule has 1 heterocycles. The van der Waals surface area contributed by atoms with Gasteiger partial charge in [0.25, 0.3) is 0 Å². The van der Waals surface area contributed by atoms with E-state index < -0.39 is 10.0 Å². The first-order valence-electron chi connectivity index (χ1n) is 7.00. The zero-order valence-electron chi connectivity index (χ0n) is 12.7. The molecular formula is C14H21ClN2O4S. The van der Waals surface area contributed by atoms with Gasteiger partial charge in [-0.05, 0) is 31.5 Å². The van der Waals surface area contributed by atoms with Crippen LogP contribution in [0.4, 0.5) is 0 Å². The van der Waals surface area contributed by atoms with Gasteiger partial charge in [0.2, 0.25) is 10.0 Å². The number of nitrogens with one attached hydrogen (secondary N) is 2. The topological polar surface area (TPSA) is 76.7 Å². The van der Waals surface area contributed by atoms with E-state index in [0.717, 1.165) is 19.4 Å². The second-order valence-corrected chi connectivity index (χ2v) is 7.51. The Bertz CT molecular complexity index is 615. The first kappa shape index (κ1) is 17.5.